The van der Waals surface area contributed by atoms with Crippen LogP contribution in [0.2, 0.25) is 0 Å². The van der Waals surface area contributed by atoms with Gasteiger partial charge in [0.25, 0.3) is 0 Å². The van der Waals surface area contributed by atoms with Gasteiger partial charge in [-0.15, -0.1) is 0 Å². The fourth-order valence-corrected chi connectivity index (χ4v) is 1.56. The summed E-state index contributed by atoms with van der Waals surface area (Å²) in [5.41, 5.74) is 6.09. The topological polar surface area (TPSA) is 55.5 Å². The van der Waals surface area contributed by atoms with Crippen LogP contribution in [0.4, 0.5) is 4.39 Å². The predicted molar refractivity (Wildman–Crippen MR) is 66.9 cm³/mol. The number of benzene rings is 2. The minimum atomic E-state index is -0.673. The smallest absolute Gasteiger partial charge is 0.130 e. The first kappa shape index (κ1) is 12.5. The number of hydrogen-bond donors (Lipinski definition) is 2. The fourth-order valence-electron chi connectivity index (χ4n) is 1.56. The quantitative estimate of drug-likeness (QED) is 0.873. The van der Waals surface area contributed by atoms with Crippen molar-refractivity contribution in [2.24, 2.45) is 5.73 Å². The molecule has 0 saturated carbocycles. The van der Waals surface area contributed by atoms with Gasteiger partial charge in [-0.25, -0.2) is 4.39 Å². The largest absolute Gasteiger partial charge is 0.457 e. The second kappa shape index (κ2) is 5.62. The van der Waals surface area contributed by atoms with Crippen LogP contribution in [0.25, 0.3) is 0 Å². The highest BCUT2D eigenvalue weighted by Gasteiger charge is 2.05. The molecule has 4 heteroatoms. The van der Waals surface area contributed by atoms with Crippen LogP contribution in [0.3, 0.4) is 0 Å². The third kappa shape index (κ3) is 3.06. The zero-order valence-electron chi connectivity index (χ0n) is 9.71. The molecule has 0 aliphatic carbocycles. The second-order valence-electron chi connectivity index (χ2n) is 3.88. The molecule has 2 aromatic carbocycles. The molecule has 94 valence electrons. The Balaban J connectivity index is 2.11. The van der Waals surface area contributed by atoms with E-state index in [1.165, 1.54) is 12.1 Å². The van der Waals surface area contributed by atoms with E-state index in [0.717, 1.165) is 5.56 Å². The Morgan fingerprint density at radius 1 is 1.11 bits per heavy atom. The summed E-state index contributed by atoms with van der Waals surface area (Å²) in [5, 5.41) is 9.53. The average molecular weight is 247 g/mol. The van der Waals surface area contributed by atoms with Crippen molar-refractivity contribution in [3.05, 3.63) is 59.9 Å². The third-order valence-electron chi connectivity index (χ3n) is 2.52. The van der Waals surface area contributed by atoms with Crippen molar-refractivity contribution in [2.45, 2.75) is 6.10 Å². The van der Waals surface area contributed by atoms with Crippen LogP contribution in [-0.4, -0.2) is 11.7 Å². The van der Waals surface area contributed by atoms with E-state index in [1.54, 1.807) is 36.4 Å². The van der Waals surface area contributed by atoms with E-state index in [4.69, 9.17) is 10.5 Å². The molecule has 0 saturated heterocycles. The molecular formula is C14H14FNO2. The summed E-state index contributed by atoms with van der Waals surface area (Å²) in [4.78, 5) is 0. The predicted octanol–water partition coefficient (Wildman–Crippen LogP) is 2.61. The van der Waals surface area contributed by atoms with E-state index in [9.17, 15) is 9.50 Å². The van der Waals surface area contributed by atoms with Crippen LogP contribution in [0.5, 0.6) is 11.5 Å². The first-order valence-corrected chi connectivity index (χ1v) is 5.60. The van der Waals surface area contributed by atoms with E-state index in [1.807, 2.05) is 0 Å². The number of halogens is 1. The molecule has 2 aromatic rings. The Hall–Kier alpha value is -1.91. The molecule has 0 spiro atoms. The zero-order chi connectivity index (χ0) is 13.0. The maximum Gasteiger partial charge on any atom is 0.130 e. The summed E-state index contributed by atoms with van der Waals surface area (Å²) in [6, 6.07) is 12.8. The van der Waals surface area contributed by atoms with Crippen molar-refractivity contribution >= 4 is 0 Å². The van der Waals surface area contributed by atoms with Crippen LogP contribution in [0.15, 0.2) is 48.5 Å². The Kier molecular flexibility index (Phi) is 3.92. The Labute approximate surface area is 105 Å². The molecule has 0 amide bonds. The summed E-state index contributed by atoms with van der Waals surface area (Å²) in [5.74, 6) is 0.665. The van der Waals surface area contributed by atoms with Gasteiger partial charge in [0, 0.05) is 12.6 Å². The van der Waals surface area contributed by atoms with E-state index in [2.05, 4.69) is 0 Å². The maximum atomic E-state index is 13.0. The van der Waals surface area contributed by atoms with Crippen molar-refractivity contribution in [3.8, 4) is 11.5 Å². The molecule has 3 N–H and O–H groups in total. The third-order valence-corrected chi connectivity index (χ3v) is 2.52. The number of rotatable bonds is 4. The number of hydrogen-bond acceptors (Lipinski definition) is 3. The van der Waals surface area contributed by atoms with Crippen LogP contribution < -0.4 is 10.5 Å². The molecular weight excluding hydrogens is 233 g/mol. The van der Waals surface area contributed by atoms with Crippen molar-refractivity contribution in [1.29, 1.82) is 0 Å². The minimum absolute atomic E-state index is 0.171. The van der Waals surface area contributed by atoms with Crippen molar-refractivity contribution in [2.75, 3.05) is 6.54 Å². The molecule has 0 aromatic heterocycles. The van der Waals surface area contributed by atoms with Crippen LogP contribution >= 0.6 is 0 Å². The van der Waals surface area contributed by atoms with Gasteiger partial charge in [-0.1, -0.05) is 18.2 Å². The second-order valence-corrected chi connectivity index (χ2v) is 3.88. The first-order valence-electron chi connectivity index (χ1n) is 5.60. The van der Waals surface area contributed by atoms with Gasteiger partial charge in [0.15, 0.2) is 0 Å². The summed E-state index contributed by atoms with van der Waals surface area (Å²) in [6.07, 6.45) is -0.673. The highest BCUT2D eigenvalue weighted by molar-refractivity contribution is 5.33. The molecule has 0 aliphatic heterocycles. The lowest BCUT2D eigenvalue weighted by Gasteiger charge is -2.09. The number of aliphatic hydroxyl groups excluding tert-OH is 1. The molecule has 0 radical (unpaired) electrons. The molecule has 1 atom stereocenters. The molecule has 0 heterocycles. The standard InChI is InChI=1S/C14H14FNO2/c15-11-2-1-3-13(8-11)18-12-6-4-10(5-7-12)14(17)9-16/h1-8,14,17H,9,16H2. The fraction of sp³-hybridized carbons (Fsp3) is 0.143. The lowest BCUT2D eigenvalue weighted by Crippen LogP contribution is -2.11. The summed E-state index contributed by atoms with van der Waals surface area (Å²) >= 11 is 0. The van der Waals surface area contributed by atoms with Gasteiger partial charge in [-0.05, 0) is 29.8 Å². The molecule has 1 unspecified atom stereocenters. The normalized spacial score (nSPS) is 12.2. The molecule has 0 fully saturated rings. The summed E-state index contributed by atoms with van der Waals surface area (Å²) < 4.78 is 18.4. The molecule has 18 heavy (non-hydrogen) atoms. The van der Waals surface area contributed by atoms with E-state index in [0.29, 0.717) is 11.5 Å². The van der Waals surface area contributed by atoms with Crippen molar-refractivity contribution < 1.29 is 14.2 Å². The summed E-state index contributed by atoms with van der Waals surface area (Å²) in [7, 11) is 0. The van der Waals surface area contributed by atoms with Gasteiger partial charge in [-0.2, -0.15) is 0 Å². The van der Waals surface area contributed by atoms with E-state index >= 15 is 0 Å². The highest BCUT2D eigenvalue weighted by Crippen LogP contribution is 2.23. The van der Waals surface area contributed by atoms with Gasteiger partial charge in [-0.3, -0.25) is 0 Å². The van der Waals surface area contributed by atoms with Gasteiger partial charge in [0.2, 0.25) is 0 Å². The van der Waals surface area contributed by atoms with Crippen molar-refractivity contribution in [1.82, 2.24) is 0 Å². The van der Waals surface area contributed by atoms with Gasteiger partial charge in [0.1, 0.15) is 17.3 Å². The first-order chi connectivity index (χ1) is 8.69. The zero-order valence-corrected chi connectivity index (χ0v) is 9.71. The van der Waals surface area contributed by atoms with Gasteiger partial charge in [0.05, 0.1) is 6.10 Å². The Bertz CT molecular complexity index is 513. The van der Waals surface area contributed by atoms with Gasteiger partial charge < -0.3 is 15.6 Å². The van der Waals surface area contributed by atoms with E-state index < -0.39 is 6.10 Å². The van der Waals surface area contributed by atoms with E-state index in [-0.39, 0.29) is 12.4 Å². The highest BCUT2D eigenvalue weighted by atomic mass is 19.1. The summed E-state index contributed by atoms with van der Waals surface area (Å²) in [6.45, 7) is 0.171. The average Bonchev–Trinajstić information content (AvgIpc) is 2.39. The number of ether oxygens (including phenoxy) is 1. The molecule has 3 nitrogen and oxygen atoms in total. The monoisotopic (exact) mass is 247 g/mol. The lowest BCUT2D eigenvalue weighted by atomic mass is 10.1. The maximum absolute atomic E-state index is 13.0. The molecule has 0 aliphatic rings. The van der Waals surface area contributed by atoms with Crippen LogP contribution in [0.1, 0.15) is 11.7 Å². The Morgan fingerprint density at radius 3 is 2.44 bits per heavy atom. The number of nitrogens with two attached hydrogens (primary N) is 1. The van der Waals surface area contributed by atoms with Crippen LogP contribution in [-0.2, 0) is 0 Å². The minimum Gasteiger partial charge on any atom is -0.457 e. The Morgan fingerprint density at radius 2 is 1.83 bits per heavy atom. The molecule has 0 bridgehead atoms. The van der Waals surface area contributed by atoms with Gasteiger partial charge >= 0.3 is 0 Å². The molecule has 2 rings (SSSR count). The van der Waals surface area contributed by atoms with Crippen molar-refractivity contribution in [3.63, 3.8) is 0 Å². The SMILES string of the molecule is NCC(O)c1ccc(Oc2cccc(F)c2)cc1. The lowest BCUT2D eigenvalue weighted by molar-refractivity contribution is 0.186. The number of aliphatic hydroxyl groups is 1. The van der Waals surface area contributed by atoms with Crippen LogP contribution in [0, 0.1) is 5.82 Å².